The molecule has 2 saturated heterocycles. The summed E-state index contributed by atoms with van der Waals surface area (Å²) < 4.78 is 11.7. The normalized spacial score (nSPS) is 22.9. The van der Waals surface area contributed by atoms with Gasteiger partial charge in [0, 0.05) is 25.0 Å². The molecular weight excluding hydrogens is 520 g/mol. The molecule has 234 valence electrons. The van der Waals surface area contributed by atoms with Gasteiger partial charge in [0.25, 0.3) is 0 Å². The zero-order valence-electron chi connectivity index (χ0n) is 24.7. The molecule has 0 aromatic heterocycles. The molecule has 0 aliphatic carbocycles. The quantitative estimate of drug-likeness (QED) is 0.0687. The van der Waals surface area contributed by atoms with Gasteiger partial charge in [-0.25, -0.2) is 0 Å². The van der Waals surface area contributed by atoms with Gasteiger partial charge < -0.3 is 40.1 Å². The van der Waals surface area contributed by atoms with Crippen molar-refractivity contribution in [2.75, 3.05) is 65.7 Å². The number of nitrogens with zero attached hydrogens (tertiary/aromatic N) is 4. The average molecular weight is 575 g/mol. The van der Waals surface area contributed by atoms with Crippen molar-refractivity contribution < 1.29 is 49.3 Å². The number of ether oxygens (including phenoxy) is 2. The molecule has 2 fully saturated rings. The summed E-state index contributed by atoms with van der Waals surface area (Å²) in [6, 6.07) is 0. The van der Waals surface area contributed by atoms with Crippen molar-refractivity contribution in [3.05, 3.63) is 0 Å². The van der Waals surface area contributed by atoms with Gasteiger partial charge in [0.15, 0.2) is 0 Å². The Morgan fingerprint density at radius 1 is 0.625 bits per heavy atom. The van der Waals surface area contributed by atoms with E-state index in [1.807, 2.05) is 0 Å². The van der Waals surface area contributed by atoms with E-state index in [9.17, 15) is 30.6 Å². The molecule has 0 aromatic carbocycles. The average Bonchev–Trinajstić information content (AvgIpc) is 2.90. The Labute approximate surface area is 239 Å². The molecule has 0 aromatic rings. The lowest BCUT2D eigenvalue weighted by Crippen LogP contribution is -2.54. The van der Waals surface area contributed by atoms with Crippen LogP contribution in [-0.2, 0) is 9.47 Å². The lowest BCUT2D eigenvalue weighted by atomic mass is 10.1. The summed E-state index contributed by atoms with van der Waals surface area (Å²) in [7, 11) is 0. The second-order valence-electron chi connectivity index (χ2n) is 11.7. The molecule has 4 atom stereocenters. The first-order chi connectivity index (χ1) is 19.1. The largest absolute Gasteiger partial charge is 0.856 e. The maximum Gasteiger partial charge on any atom is 0.131 e. The molecule has 12 nitrogen and oxygen atoms in total. The fourth-order valence-corrected chi connectivity index (χ4v) is 5.52. The van der Waals surface area contributed by atoms with Crippen LogP contribution in [0.4, 0.5) is 0 Å². The minimum absolute atomic E-state index is 0.164. The number of aliphatic hydroxyl groups excluding tert-OH is 4. The predicted molar refractivity (Wildman–Crippen MR) is 148 cm³/mol. The van der Waals surface area contributed by atoms with Crippen LogP contribution in [0.2, 0.25) is 0 Å². The molecule has 0 radical (unpaired) electrons. The second-order valence-corrected chi connectivity index (χ2v) is 11.7. The van der Waals surface area contributed by atoms with E-state index in [0.29, 0.717) is 52.5 Å². The van der Waals surface area contributed by atoms with E-state index in [1.165, 1.54) is 13.8 Å². The Bertz CT molecular complexity index is 691. The van der Waals surface area contributed by atoms with Crippen LogP contribution in [0.1, 0.15) is 78.1 Å². The minimum Gasteiger partial charge on any atom is -0.856 e. The van der Waals surface area contributed by atoms with Crippen LogP contribution in [-0.4, -0.2) is 132 Å². The third-order valence-electron chi connectivity index (χ3n) is 7.68. The summed E-state index contributed by atoms with van der Waals surface area (Å²) >= 11 is 0. The van der Waals surface area contributed by atoms with Crippen LogP contribution in [0.15, 0.2) is 10.2 Å². The SMILES string of the molecule is CC(O)/C([O-])=N/[N+]1(CC(O)COCCCCCCOCC(O)C[N+]2(/N=C(\[O-])C(C)O)CCCCC2)CCCCC1. The lowest BCUT2D eigenvalue weighted by molar-refractivity contribution is -0.942. The molecule has 40 heavy (non-hydrogen) atoms. The second kappa shape index (κ2) is 18.2. The van der Waals surface area contributed by atoms with Crippen molar-refractivity contribution in [3.8, 4) is 0 Å². The first-order valence-corrected chi connectivity index (χ1v) is 15.2. The minimum atomic E-state index is -1.14. The fourth-order valence-electron chi connectivity index (χ4n) is 5.52. The van der Waals surface area contributed by atoms with Crippen LogP contribution in [0.25, 0.3) is 0 Å². The molecule has 12 heteroatoms. The fraction of sp³-hybridized carbons (Fsp3) is 0.929. The van der Waals surface area contributed by atoms with Crippen LogP contribution in [0, 0.1) is 0 Å². The molecule has 2 aliphatic rings. The molecule has 0 spiro atoms. The number of unbranched alkanes of at least 4 members (excludes halogenated alkanes) is 3. The molecule has 0 amide bonds. The van der Waals surface area contributed by atoms with Gasteiger partial charge >= 0.3 is 0 Å². The maximum atomic E-state index is 12.0. The van der Waals surface area contributed by atoms with Crippen LogP contribution in [0.3, 0.4) is 0 Å². The van der Waals surface area contributed by atoms with Gasteiger partial charge in [-0.2, -0.15) is 9.18 Å². The highest BCUT2D eigenvalue weighted by atomic mass is 16.5. The van der Waals surface area contributed by atoms with Gasteiger partial charge in [-0.05, 0) is 65.2 Å². The van der Waals surface area contributed by atoms with Crippen molar-refractivity contribution in [3.63, 3.8) is 0 Å². The monoisotopic (exact) mass is 574 g/mol. The molecule has 0 bridgehead atoms. The van der Waals surface area contributed by atoms with Crippen LogP contribution < -0.4 is 10.2 Å². The van der Waals surface area contributed by atoms with E-state index in [0.717, 1.165) is 64.2 Å². The summed E-state index contributed by atoms with van der Waals surface area (Å²) in [5.41, 5.74) is 0. The van der Waals surface area contributed by atoms with Gasteiger partial charge in [-0.3, -0.25) is 0 Å². The standard InChI is InChI=1S/C28H54N4O8/c1-23(33)27(37)29-31(13-7-5-8-14-31)19-25(35)21-39-17-11-3-4-12-18-40-22-26(36)20-32(15-9-6-10-16-32)30-28(38)24(2)34/h23-26,33-36H,3-22H2,1-2H3. The highest BCUT2D eigenvalue weighted by Gasteiger charge is 2.34. The number of hydrogen-bond donors (Lipinski definition) is 4. The third-order valence-corrected chi connectivity index (χ3v) is 7.68. The summed E-state index contributed by atoms with van der Waals surface area (Å²) in [5, 5.41) is 72.6. The molecule has 2 aliphatic heterocycles. The van der Waals surface area contributed by atoms with Crippen molar-refractivity contribution in [2.24, 2.45) is 10.2 Å². The predicted octanol–water partition coefficient (Wildman–Crippen LogP) is -0.588. The molecule has 2 rings (SSSR count). The van der Waals surface area contributed by atoms with Gasteiger partial charge in [0.05, 0.1) is 25.4 Å². The molecule has 4 unspecified atom stereocenters. The number of rotatable bonds is 19. The number of piperidine rings is 2. The Morgan fingerprint density at radius 3 is 1.30 bits per heavy atom. The maximum absolute atomic E-state index is 12.0. The summed E-state index contributed by atoms with van der Waals surface area (Å²) in [5.74, 6) is -1.08. The molecular formula is C28H54N4O8. The smallest absolute Gasteiger partial charge is 0.131 e. The summed E-state index contributed by atoms with van der Waals surface area (Å²) in [4.78, 5) is 0. The first-order valence-electron chi connectivity index (χ1n) is 15.2. The Kier molecular flexibility index (Phi) is 15.9. The number of likely N-dealkylation sites (tertiary alicyclic amines) is 2. The van der Waals surface area contributed by atoms with E-state index in [1.54, 1.807) is 0 Å². The zero-order valence-corrected chi connectivity index (χ0v) is 24.7. The summed E-state index contributed by atoms with van der Waals surface area (Å²) in [6.07, 6.45) is 5.83. The molecule has 4 N–H and O–H groups in total. The van der Waals surface area contributed by atoms with E-state index in [4.69, 9.17) is 9.47 Å². The first kappa shape index (κ1) is 34.8. The van der Waals surface area contributed by atoms with E-state index in [2.05, 4.69) is 10.2 Å². The highest BCUT2D eigenvalue weighted by Crippen LogP contribution is 2.22. The van der Waals surface area contributed by atoms with Crippen LogP contribution >= 0.6 is 0 Å². The third kappa shape index (κ3) is 13.1. The van der Waals surface area contributed by atoms with E-state index in [-0.39, 0.29) is 22.4 Å². The summed E-state index contributed by atoms with van der Waals surface area (Å²) in [6.45, 7) is 7.65. The topological polar surface area (TPSA) is 170 Å². The van der Waals surface area contributed by atoms with Crippen molar-refractivity contribution in [2.45, 2.75) is 102 Å². The van der Waals surface area contributed by atoms with Gasteiger partial charge in [-0.15, -0.1) is 10.2 Å². The van der Waals surface area contributed by atoms with Gasteiger partial charge in [-0.1, -0.05) is 12.8 Å². The van der Waals surface area contributed by atoms with E-state index >= 15 is 0 Å². The Morgan fingerprint density at radius 2 is 0.975 bits per heavy atom. The van der Waals surface area contributed by atoms with E-state index < -0.39 is 36.2 Å². The Balaban J connectivity index is 1.56. The zero-order chi connectivity index (χ0) is 29.4. The number of quaternary nitrogens is 2. The van der Waals surface area contributed by atoms with Crippen molar-refractivity contribution in [1.29, 1.82) is 0 Å². The highest BCUT2D eigenvalue weighted by molar-refractivity contribution is 5.75. The number of aliphatic hydroxyl groups is 4. The lowest BCUT2D eigenvalue weighted by Gasteiger charge is -2.38. The molecule has 0 saturated carbocycles. The van der Waals surface area contributed by atoms with Gasteiger partial charge in [0.2, 0.25) is 0 Å². The van der Waals surface area contributed by atoms with Crippen LogP contribution in [0.5, 0.6) is 0 Å². The van der Waals surface area contributed by atoms with Crippen molar-refractivity contribution >= 4 is 11.8 Å². The number of hydrogen-bond acceptors (Lipinski definition) is 10. The Hall–Kier alpha value is -1.38. The van der Waals surface area contributed by atoms with Crippen molar-refractivity contribution in [1.82, 2.24) is 0 Å². The van der Waals surface area contributed by atoms with Gasteiger partial charge in [0.1, 0.15) is 51.5 Å². The molecule has 2 heterocycles.